The molecule has 1 aliphatic rings. The van der Waals surface area contributed by atoms with Gasteiger partial charge in [-0.05, 0) is 57.5 Å². The highest BCUT2D eigenvalue weighted by Crippen LogP contribution is 2.29. The first-order valence-corrected chi connectivity index (χ1v) is 7.97. The lowest BCUT2D eigenvalue weighted by molar-refractivity contribution is 0.252. The van der Waals surface area contributed by atoms with E-state index in [2.05, 4.69) is 23.8 Å². The number of para-hydroxylation sites is 1. The number of hydrogen-bond acceptors (Lipinski definition) is 3. The molecule has 0 saturated carbocycles. The van der Waals surface area contributed by atoms with Crippen molar-refractivity contribution in [3.8, 4) is 0 Å². The Morgan fingerprint density at radius 2 is 2.05 bits per heavy atom. The topological polar surface area (TPSA) is 32.5 Å². The lowest BCUT2D eigenvalue weighted by Crippen LogP contribution is -2.42. The number of benzene rings is 1. The molecule has 1 unspecified atom stereocenters. The number of nitrogens with two attached hydrogens (primary N) is 1. The maximum atomic E-state index is 14.4. The molecule has 1 aromatic rings. The smallest absolute Gasteiger partial charge is 0.146 e. The van der Waals surface area contributed by atoms with Crippen molar-refractivity contribution < 1.29 is 4.39 Å². The zero-order chi connectivity index (χ0) is 15.4. The molecule has 4 heteroatoms. The summed E-state index contributed by atoms with van der Waals surface area (Å²) in [6.45, 7) is 4.23. The molecular weight excluding hydrogens is 265 g/mol. The summed E-state index contributed by atoms with van der Waals surface area (Å²) in [5.74, 6) is -0.128. The molecule has 0 amide bonds. The Labute approximate surface area is 127 Å². The van der Waals surface area contributed by atoms with E-state index in [-0.39, 0.29) is 11.9 Å². The van der Waals surface area contributed by atoms with Crippen molar-refractivity contribution in [2.75, 3.05) is 32.1 Å². The molecule has 1 heterocycles. The summed E-state index contributed by atoms with van der Waals surface area (Å²) in [4.78, 5) is 4.47. The minimum Gasteiger partial charge on any atom is -0.369 e. The van der Waals surface area contributed by atoms with Crippen LogP contribution in [0.3, 0.4) is 0 Å². The molecule has 1 saturated heterocycles. The SMILES string of the molecule is CCC(N)Cc1cccc(F)c1N(C)C1CCN(C)CC1. The summed E-state index contributed by atoms with van der Waals surface area (Å²) >= 11 is 0. The Hall–Kier alpha value is -1.13. The molecule has 0 bridgehead atoms. The lowest BCUT2D eigenvalue weighted by atomic mass is 9.98. The van der Waals surface area contributed by atoms with Gasteiger partial charge >= 0.3 is 0 Å². The van der Waals surface area contributed by atoms with Crippen molar-refractivity contribution in [3.05, 3.63) is 29.6 Å². The van der Waals surface area contributed by atoms with Crippen LogP contribution in [0.25, 0.3) is 0 Å². The Bertz CT molecular complexity index is 455. The normalized spacial score (nSPS) is 18.7. The van der Waals surface area contributed by atoms with E-state index in [0.29, 0.717) is 6.04 Å². The first kappa shape index (κ1) is 16.2. The van der Waals surface area contributed by atoms with Gasteiger partial charge in [0.15, 0.2) is 0 Å². The van der Waals surface area contributed by atoms with Crippen LogP contribution in [-0.2, 0) is 6.42 Å². The third-order valence-corrected chi connectivity index (χ3v) is 4.67. The van der Waals surface area contributed by atoms with Crippen LogP contribution in [0.4, 0.5) is 10.1 Å². The standard InChI is InChI=1S/C17H28FN3/c1-4-14(19)12-13-6-5-7-16(18)17(13)21(3)15-8-10-20(2)11-9-15/h5-7,14-15H,4,8-12,19H2,1-3H3. The highest BCUT2D eigenvalue weighted by molar-refractivity contribution is 5.55. The molecule has 1 aromatic carbocycles. The lowest BCUT2D eigenvalue weighted by Gasteiger charge is -2.37. The fourth-order valence-corrected chi connectivity index (χ4v) is 3.11. The third-order valence-electron chi connectivity index (χ3n) is 4.67. The van der Waals surface area contributed by atoms with Crippen molar-refractivity contribution in [2.24, 2.45) is 5.73 Å². The molecule has 21 heavy (non-hydrogen) atoms. The van der Waals surface area contributed by atoms with Gasteiger partial charge in [0, 0.05) is 19.1 Å². The average molecular weight is 293 g/mol. The molecule has 0 aromatic heterocycles. The van der Waals surface area contributed by atoms with Crippen LogP contribution in [0.2, 0.25) is 0 Å². The second kappa shape index (κ2) is 7.23. The van der Waals surface area contributed by atoms with Gasteiger partial charge in [0.05, 0.1) is 5.69 Å². The Morgan fingerprint density at radius 3 is 2.67 bits per heavy atom. The number of halogens is 1. The van der Waals surface area contributed by atoms with Gasteiger partial charge < -0.3 is 15.5 Å². The van der Waals surface area contributed by atoms with Crippen LogP contribution in [0.5, 0.6) is 0 Å². The summed E-state index contributed by atoms with van der Waals surface area (Å²) in [6.07, 6.45) is 3.82. The zero-order valence-electron chi connectivity index (χ0n) is 13.5. The third kappa shape index (κ3) is 3.95. The molecule has 118 valence electrons. The summed E-state index contributed by atoms with van der Waals surface area (Å²) in [6, 6.07) is 5.87. The van der Waals surface area contributed by atoms with E-state index < -0.39 is 0 Å². The van der Waals surface area contributed by atoms with Gasteiger partial charge in [-0.25, -0.2) is 4.39 Å². The second-order valence-electron chi connectivity index (χ2n) is 6.27. The predicted octanol–water partition coefficient (Wildman–Crippen LogP) is 2.64. The van der Waals surface area contributed by atoms with Crippen LogP contribution in [-0.4, -0.2) is 44.2 Å². The molecule has 1 fully saturated rings. The largest absolute Gasteiger partial charge is 0.369 e. The van der Waals surface area contributed by atoms with Crippen LogP contribution in [0, 0.1) is 5.82 Å². The van der Waals surface area contributed by atoms with E-state index in [1.807, 2.05) is 13.1 Å². The fourth-order valence-electron chi connectivity index (χ4n) is 3.11. The first-order chi connectivity index (χ1) is 10.0. The van der Waals surface area contributed by atoms with Crippen molar-refractivity contribution in [1.82, 2.24) is 4.90 Å². The summed E-state index contributed by atoms with van der Waals surface area (Å²) in [5.41, 5.74) is 7.85. The number of nitrogens with zero attached hydrogens (tertiary/aromatic N) is 2. The van der Waals surface area contributed by atoms with E-state index in [0.717, 1.165) is 50.0 Å². The molecule has 0 spiro atoms. The van der Waals surface area contributed by atoms with Crippen LogP contribution < -0.4 is 10.6 Å². The zero-order valence-corrected chi connectivity index (χ0v) is 13.5. The van der Waals surface area contributed by atoms with Gasteiger partial charge in [-0.2, -0.15) is 0 Å². The fraction of sp³-hybridized carbons (Fsp3) is 0.647. The van der Waals surface area contributed by atoms with E-state index in [4.69, 9.17) is 5.73 Å². The van der Waals surface area contributed by atoms with Crippen LogP contribution in [0.1, 0.15) is 31.7 Å². The van der Waals surface area contributed by atoms with Crippen molar-refractivity contribution in [1.29, 1.82) is 0 Å². The van der Waals surface area contributed by atoms with E-state index in [1.54, 1.807) is 12.1 Å². The average Bonchev–Trinajstić information content (AvgIpc) is 2.47. The molecule has 2 N–H and O–H groups in total. The number of rotatable bonds is 5. The highest BCUT2D eigenvalue weighted by atomic mass is 19.1. The summed E-state index contributed by atoms with van der Waals surface area (Å²) < 4.78 is 14.4. The van der Waals surface area contributed by atoms with Gasteiger partial charge in [0.25, 0.3) is 0 Å². The number of piperidine rings is 1. The Morgan fingerprint density at radius 1 is 1.38 bits per heavy atom. The predicted molar refractivity (Wildman–Crippen MR) is 87.3 cm³/mol. The molecule has 0 radical (unpaired) electrons. The maximum Gasteiger partial charge on any atom is 0.146 e. The Kier molecular flexibility index (Phi) is 5.59. The Balaban J connectivity index is 2.20. The number of likely N-dealkylation sites (tertiary alicyclic amines) is 1. The van der Waals surface area contributed by atoms with Gasteiger partial charge in [-0.1, -0.05) is 19.1 Å². The quantitative estimate of drug-likeness (QED) is 0.906. The molecule has 1 aliphatic heterocycles. The summed E-state index contributed by atoms with van der Waals surface area (Å²) in [5, 5.41) is 0. The van der Waals surface area contributed by atoms with Crippen LogP contribution >= 0.6 is 0 Å². The van der Waals surface area contributed by atoms with Gasteiger partial charge in [0.2, 0.25) is 0 Å². The minimum absolute atomic E-state index is 0.0939. The highest BCUT2D eigenvalue weighted by Gasteiger charge is 2.24. The van der Waals surface area contributed by atoms with Gasteiger partial charge in [-0.3, -0.25) is 0 Å². The number of hydrogen-bond donors (Lipinski definition) is 1. The van der Waals surface area contributed by atoms with Gasteiger partial charge in [-0.15, -0.1) is 0 Å². The molecule has 3 nitrogen and oxygen atoms in total. The van der Waals surface area contributed by atoms with E-state index >= 15 is 0 Å². The van der Waals surface area contributed by atoms with Gasteiger partial charge in [0.1, 0.15) is 5.82 Å². The minimum atomic E-state index is -0.128. The van der Waals surface area contributed by atoms with Crippen LogP contribution in [0.15, 0.2) is 18.2 Å². The molecular formula is C17H28FN3. The van der Waals surface area contributed by atoms with E-state index in [9.17, 15) is 4.39 Å². The maximum absolute atomic E-state index is 14.4. The van der Waals surface area contributed by atoms with Crippen molar-refractivity contribution >= 4 is 5.69 Å². The molecule has 1 atom stereocenters. The monoisotopic (exact) mass is 293 g/mol. The van der Waals surface area contributed by atoms with Crippen molar-refractivity contribution in [3.63, 3.8) is 0 Å². The van der Waals surface area contributed by atoms with Crippen molar-refractivity contribution in [2.45, 2.75) is 44.7 Å². The molecule has 0 aliphatic carbocycles. The second-order valence-corrected chi connectivity index (χ2v) is 6.27. The first-order valence-electron chi connectivity index (χ1n) is 7.97. The van der Waals surface area contributed by atoms with E-state index in [1.165, 1.54) is 0 Å². The molecule has 2 rings (SSSR count). The summed E-state index contributed by atoms with van der Waals surface area (Å²) in [7, 11) is 4.17. The number of anilines is 1.